The number of hydrogen-bond donors (Lipinski definition) is 0. The van der Waals surface area contributed by atoms with Crippen LogP contribution in [-0.4, -0.2) is 64.3 Å². The topological polar surface area (TPSA) is 76.4 Å². The predicted octanol–water partition coefficient (Wildman–Crippen LogP) is 2.18. The van der Waals surface area contributed by atoms with Crippen molar-refractivity contribution in [3.63, 3.8) is 0 Å². The van der Waals surface area contributed by atoms with E-state index in [-0.39, 0.29) is 5.91 Å². The van der Waals surface area contributed by atoms with Gasteiger partial charge in [-0.15, -0.1) is 16.4 Å². The predicted molar refractivity (Wildman–Crippen MR) is 110 cm³/mol. The molecule has 2 aliphatic rings. The van der Waals surface area contributed by atoms with Gasteiger partial charge in [0.2, 0.25) is 0 Å². The molecule has 0 N–H and O–H groups in total. The third-order valence-corrected chi connectivity index (χ3v) is 6.96. The molecule has 0 saturated carbocycles. The molecule has 0 spiro atoms. The van der Waals surface area contributed by atoms with Crippen molar-refractivity contribution in [2.75, 3.05) is 38.2 Å². The van der Waals surface area contributed by atoms with Gasteiger partial charge >= 0.3 is 0 Å². The van der Waals surface area contributed by atoms with Gasteiger partial charge in [0.15, 0.2) is 0 Å². The number of ether oxygens (including phenoxy) is 1. The van der Waals surface area contributed by atoms with Crippen LogP contribution in [0.15, 0.2) is 30.6 Å². The van der Waals surface area contributed by atoms with Crippen molar-refractivity contribution in [3.05, 3.63) is 46.6 Å². The number of aromatic nitrogens is 4. The molecular weight excluding hydrogens is 388 g/mol. The lowest BCUT2D eigenvalue weighted by atomic mass is 10.1. The van der Waals surface area contributed by atoms with Gasteiger partial charge in [-0.2, -0.15) is 4.68 Å². The molecule has 1 fully saturated rings. The second-order valence-electron chi connectivity index (χ2n) is 7.27. The van der Waals surface area contributed by atoms with Crippen molar-refractivity contribution in [3.8, 4) is 10.8 Å². The number of tetrazole rings is 1. The zero-order chi connectivity index (χ0) is 19.8. The summed E-state index contributed by atoms with van der Waals surface area (Å²) in [5, 5.41) is 12.4. The summed E-state index contributed by atoms with van der Waals surface area (Å²) in [5.41, 5.74) is 3.15. The lowest BCUT2D eigenvalue weighted by Gasteiger charge is -2.36. The normalized spacial score (nSPS) is 16.2. The summed E-state index contributed by atoms with van der Waals surface area (Å²) >= 11 is 1.65. The second kappa shape index (κ2) is 7.47. The Labute approximate surface area is 172 Å². The number of nitrogens with zero attached hydrogens (tertiary/aromatic N) is 6. The summed E-state index contributed by atoms with van der Waals surface area (Å²) in [7, 11) is 1.67. The van der Waals surface area contributed by atoms with Crippen molar-refractivity contribution in [1.29, 1.82) is 0 Å². The Bertz CT molecular complexity index is 1010. The maximum Gasteiger partial charge on any atom is 0.257 e. The third-order valence-electron chi connectivity index (χ3n) is 5.68. The van der Waals surface area contributed by atoms with Crippen LogP contribution in [0.1, 0.15) is 27.2 Å². The minimum absolute atomic E-state index is 0.101. The number of carbonyl (C=O) groups is 1. The number of rotatable bonds is 4. The van der Waals surface area contributed by atoms with Gasteiger partial charge in [-0.05, 0) is 59.5 Å². The van der Waals surface area contributed by atoms with Crippen LogP contribution in [0.25, 0.3) is 5.00 Å². The van der Waals surface area contributed by atoms with Crippen LogP contribution in [0.4, 0.5) is 5.69 Å². The van der Waals surface area contributed by atoms with Gasteiger partial charge in [0.05, 0.1) is 12.7 Å². The zero-order valence-corrected chi connectivity index (χ0v) is 17.1. The number of hydrogen-bond acceptors (Lipinski definition) is 7. The summed E-state index contributed by atoms with van der Waals surface area (Å²) in [4.78, 5) is 19.1. The standard InChI is InChI=1S/C20H22N6O2S/c1-28-15-7-5-14(6-8-15)24-9-11-25(12-10-24)19(27)18-16-3-2-4-17(16)29-20(18)26-13-21-22-23-26/h5-8,13H,2-4,9-12H2,1H3. The van der Waals surface area contributed by atoms with E-state index in [1.165, 1.54) is 10.4 Å². The summed E-state index contributed by atoms with van der Waals surface area (Å²) in [5.74, 6) is 0.952. The van der Waals surface area contributed by atoms with E-state index in [1.807, 2.05) is 17.0 Å². The van der Waals surface area contributed by atoms with E-state index in [2.05, 4.69) is 32.6 Å². The first-order valence-electron chi connectivity index (χ1n) is 9.81. The lowest BCUT2D eigenvalue weighted by molar-refractivity contribution is 0.0746. The summed E-state index contributed by atoms with van der Waals surface area (Å²) in [6, 6.07) is 8.08. The fraction of sp³-hybridized carbons (Fsp3) is 0.400. The summed E-state index contributed by atoms with van der Waals surface area (Å²) in [6.07, 6.45) is 4.68. The quantitative estimate of drug-likeness (QED) is 0.656. The van der Waals surface area contributed by atoms with Crippen LogP contribution in [0.2, 0.25) is 0 Å². The van der Waals surface area contributed by atoms with Gasteiger partial charge < -0.3 is 14.5 Å². The smallest absolute Gasteiger partial charge is 0.257 e. The Kier molecular flexibility index (Phi) is 4.67. The van der Waals surface area contributed by atoms with Crippen LogP contribution in [-0.2, 0) is 12.8 Å². The van der Waals surface area contributed by atoms with Crippen LogP contribution >= 0.6 is 11.3 Å². The average Bonchev–Trinajstić information content (AvgIpc) is 3.50. The number of piperazine rings is 1. The highest BCUT2D eigenvalue weighted by Crippen LogP contribution is 2.38. The fourth-order valence-corrected chi connectivity index (χ4v) is 5.44. The van der Waals surface area contributed by atoms with E-state index in [9.17, 15) is 4.79 Å². The molecule has 0 bridgehead atoms. The Hall–Kier alpha value is -2.94. The third kappa shape index (κ3) is 3.25. The summed E-state index contributed by atoms with van der Waals surface area (Å²) in [6.45, 7) is 3.02. The van der Waals surface area contributed by atoms with Crippen LogP contribution in [0.3, 0.4) is 0 Å². The Balaban J connectivity index is 1.35. The molecule has 0 radical (unpaired) electrons. The van der Waals surface area contributed by atoms with Crippen molar-refractivity contribution < 1.29 is 9.53 Å². The number of fused-ring (bicyclic) bond motifs is 1. The van der Waals surface area contributed by atoms with E-state index in [1.54, 1.807) is 29.5 Å². The number of thiophene rings is 1. The zero-order valence-electron chi connectivity index (χ0n) is 16.2. The summed E-state index contributed by atoms with van der Waals surface area (Å²) < 4.78 is 6.87. The molecule has 0 atom stereocenters. The second-order valence-corrected chi connectivity index (χ2v) is 8.35. The first-order valence-corrected chi connectivity index (χ1v) is 10.6. The molecule has 0 unspecified atom stereocenters. The first kappa shape index (κ1) is 18.1. The number of aryl methyl sites for hydroxylation is 1. The Morgan fingerprint density at radius 2 is 1.90 bits per heavy atom. The number of carbonyl (C=O) groups excluding carboxylic acids is 1. The number of amides is 1. The minimum Gasteiger partial charge on any atom is -0.497 e. The molecular formula is C20H22N6O2S. The van der Waals surface area contributed by atoms with E-state index in [0.29, 0.717) is 13.1 Å². The van der Waals surface area contributed by atoms with Gasteiger partial charge in [-0.3, -0.25) is 4.79 Å². The number of benzene rings is 1. The van der Waals surface area contributed by atoms with Gasteiger partial charge in [-0.1, -0.05) is 0 Å². The highest BCUT2D eigenvalue weighted by Gasteiger charge is 2.32. The fourth-order valence-electron chi connectivity index (χ4n) is 4.14. The van der Waals surface area contributed by atoms with Crippen molar-refractivity contribution in [2.24, 2.45) is 0 Å². The molecule has 1 saturated heterocycles. The van der Waals surface area contributed by atoms with Crippen LogP contribution < -0.4 is 9.64 Å². The molecule has 1 aliphatic heterocycles. The highest BCUT2D eigenvalue weighted by atomic mass is 32.1. The highest BCUT2D eigenvalue weighted by molar-refractivity contribution is 7.15. The number of methoxy groups -OCH3 is 1. The van der Waals surface area contributed by atoms with Crippen molar-refractivity contribution in [2.45, 2.75) is 19.3 Å². The van der Waals surface area contributed by atoms with Crippen LogP contribution in [0.5, 0.6) is 5.75 Å². The molecule has 5 rings (SSSR count). The Morgan fingerprint density at radius 1 is 1.10 bits per heavy atom. The van der Waals surface area contributed by atoms with E-state index in [4.69, 9.17) is 4.74 Å². The largest absolute Gasteiger partial charge is 0.497 e. The van der Waals surface area contributed by atoms with Gasteiger partial charge in [0.25, 0.3) is 5.91 Å². The Morgan fingerprint density at radius 3 is 2.59 bits per heavy atom. The minimum atomic E-state index is 0.101. The average molecular weight is 411 g/mol. The maximum absolute atomic E-state index is 13.5. The van der Waals surface area contributed by atoms with Crippen LogP contribution in [0, 0.1) is 0 Å². The molecule has 3 heterocycles. The SMILES string of the molecule is COc1ccc(N2CCN(C(=O)c3c(-n4cnnn4)sc4c3CCC4)CC2)cc1. The van der Waals surface area contributed by atoms with E-state index in [0.717, 1.165) is 54.4 Å². The van der Waals surface area contributed by atoms with E-state index >= 15 is 0 Å². The van der Waals surface area contributed by atoms with Crippen molar-refractivity contribution >= 4 is 22.9 Å². The molecule has 1 amide bonds. The maximum atomic E-state index is 13.5. The molecule has 8 nitrogen and oxygen atoms in total. The van der Waals surface area contributed by atoms with Gasteiger partial charge in [0, 0.05) is 36.7 Å². The van der Waals surface area contributed by atoms with Gasteiger partial charge in [0.1, 0.15) is 17.1 Å². The monoisotopic (exact) mass is 410 g/mol. The molecule has 1 aromatic carbocycles. The van der Waals surface area contributed by atoms with Gasteiger partial charge in [-0.25, -0.2) is 0 Å². The molecule has 1 aliphatic carbocycles. The molecule has 29 heavy (non-hydrogen) atoms. The van der Waals surface area contributed by atoms with E-state index < -0.39 is 0 Å². The van der Waals surface area contributed by atoms with Crippen molar-refractivity contribution in [1.82, 2.24) is 25.1 Å². The molecule has 3 aromatic rings. The molecule has 150 valence electrons. The first-order chi connectivity index (χ1) is 14.2. The molecule has 2 aromatic heterocycles. The number of anilines is 1. The lowest BCUT2D eigenvalue weighted by Crippen LogP contribution is -2.49. The molecule has 9 heteroatoms.